The van der Waals surface area contributed by atoms with E-state index in [4.69, 9.17) is 0 Å². The van der Waals surface area contributed by atoms with Crippen LogP contribution in [-0.4, -0.2) is 4.34 Å². The summed E-state index contributed by atoms with van der Waals surface area (Å²) in [5.74, 6) is 0. The first kappa shape index (κ1) is 25.5. The van der Waals surface area contributed by atoms with Gasteiger partial charge in [-0.15, -0.1) is 0 Å². The molecule has 0 unspecified atom stereocenters. The van der Waals surface area contributed by atoms with Crippen molar-refractivity contribution >= 4 is 62.8 Å². The van der Waals surface area contributed by atoms with Gasteiger partial charge < -0.3 is 4.57 Å². The molecule has 3 nitrogen and oxygen atoms in total. The molecular formula is C36H27NO2P2. The van der Waals surface area contributed by atoms with Gasteiger partial charge in [-0.25, -0.2) is 0 Å². The lowest BCUT2D eigenvalue weighted by atomic mass is 10.1. The second kappa shape index (κ2) is 10.2. The molecule has 7 aromatic rings. The Morgan fingerprint density at radius 2 is 0.780 bits per heavy atom. The molecule has 6 aromatic carbocycles. The summed E-state index contributed by atoms with van der Waals surface area (Å²) in [5, 5.41) is 5.75. The molecule has 0 saturated heterocycles. The second-order valence-electron chi connectivity index (χ2n) is 10.1. The van der Waals surface area contributed by atoms with Gasteiger partial charge in [-0.3, -0.25) is 8.90 Å². The fourth-order valence-corrected chi connectivity index (χ4v) is 11.3. The smallest absolute Gasteiger partial charge is 0.234 e. The highest BCUT2D eigenvalue weighted by Crippen LogP contribution is 2.51. The number of aromatic nitrogens is 1. The number of fused-ring (bicyclic) bond motifs is 3. The highest BCUT2D eigenvalue weighted by atomic mass is 31.2. The van der Waals surface area contributed by atoms with Crippen molar-refractivity contribution in [1.82, 2.24) is 4.34 Å². The van der Waals surface area contributed by atoms with Gasteiger partial charge in [0.2, 0.25) is 7.29 Å². The molecule has 1 aromatic heterocycles. The van der Waals surface area contributed by atoms with Crippen LogP contribution in [0.2, 0.25) is 0 Å². The van der Waals surface area contributed by atoms with E-state index in [1.807, 2.05) is 156 Å². The zero-order valence-corrected chi connectivity index (χ0v) is 24.0. The molecule has 0 N–H and O–H groups in total. The lowest BCUT2D eigenvalue weighted by molar-refractivity contribution is 0.583. The largest absolute Gasteiger partial charge is 0.309 e. The topological polar surface area (TPSA) is 39.1 Å². The summed E-state index contributed by atoms with van der Waals surface area (Å²) in [6.45, 7) is 0. The van der Waals surface area contributed by atoms with Crippen LogP contribution in [0.25, 0.3) is 21.8 Å². The average molecular weight is 568 g/mol. The fourth-order valence-electron chi connectivity index (χ4n) is 5.80. The molecule has 0 saturated carbocycles. The van der Waals surface area contributed by atoms with E-state index >= 15 is 9.13 Å². The molecule has 0 aliphatic heterocycles. The third kappa shape index (κ3) is 4.05. The van der Waals surface area contributed by atoms with Gasteiger partial charge in [0.05, 0.1) is 11.0 Å². The SMILES string of the molecule is O=P(c1ccccc1)(c1ccccc1)c1ccc2c(c1)c1ccccc1n2P(=O)(c1ccccc1)c1ccccc1. The molecule has 0 aliphatic carbocycles. The Bertz CT molecular complexity index is 2000. The lowest BCUT2D eigenvalue weighted by Crippen LogP contribution is -2.25. The first-order valence-corrected chi connectivity index (χ1v) is 17.0. The maximum Gasteiger partial charge on any atom is 0.234 e. The summed E-state index contributed by atoms with van der Waals surface area (Å²) in [6.07, 6.45) is 0. The van der Waals surface area contributed by atoms with Crippen LogP contribution in [0, 0.1) is 0 Å². The predicted octanol–water partition coefficient (Wildman–Crippen LogP) is 7.21. The number of hydrogen-bond acceptors (Lipinski definition) is 2. The summed E-state index contributed by atoms with van der Waals surface area (Å²) < 4.78 is 32.7. The highest BCUT2D eigenvalue weighted by Gasteiger charge is 2.34. The van der Waals surface area contributed by atoms with Crippen molar-refractivity contribution in [3.8, 4) is 0 Å². The summed E-state index contributed by atoms with van der Waals surface area (Å²) in [5.41, 5.74) is 1.73. The molecule has 7 rings (SSSR count). The number of rotatable bonds is 6. The summed E-state index contributed by atoms with van der Waals surface area (Å²) in [7, 11) is -6.53. The van der Waals surface area contributed by atoms with E-state index in [9.17, 15) is 0 Å². The molecule has 5 heteroatoms. The Morgan fingerprint density at radius 3 is 1.29 bits per heavy atom. The Kier molecular flexibility index (Phi) is 6.36. The Labute approximate surface area is 239 Å². The first-order valence-electron chi connectivity index (χ1n) is 13.6. The number of nitrogens with zero attached hydrogens (tertiary/aromatic N) is 1. The van der Waals surface area contributed by atoms with Crippen LogP contribution in [0.5, 0.6) is 0 Å². The molecule has 0 aliphatic rings. The van der Waals surface area contributed by atoms with E-state index in [0.717, 1.165) is 48.3 Å². The number of benzene rings is 6. The second-order valence-corrected chi connectivity index (χ2v) is 15.4. The summed E-state index contributed by atoms with van der Waals surface area (Å²) in [6, 6.07) is 52.9. The Balaban J connectivity index is 1.56. The van der Waals surface area contributed by atoms with Crippen molar-refractivity contribution < 1.29 is 9.13 Å². The van der Waals surface area contributed by atoms with Crippen LogP contribution in [0.3, 0.4) is 0 Å². The minimum absolute atomic E-state index is 0.750. The number of para-hydroxylation sites is 1. The summed E-state index contributed by atoms with van der Waals surface area (Å²) in [4.78, 5) is 0. The summed E-state index contributed by atoms with van der Waals surface area (Å²) >= 11 is 0. The van der Waals surface area contributed by atoms with E-state index in [-0.39, 0.29) is 0 Å². The Morgan fingerprint density at radius 1 is 0.366 bits per heavy atom. The van der Waals surface area contributed by atoms with Gasteiger partial charge in [0.1, 0.15) is 0 Å². The van der Waals surface area contributed by atoms with Gasteiger partial charge in [0.25, 0.3) is 0 Å². The van der Waals surface area contributed by atoms with Crippen LogP contribution in [0.15, 0.2) is 164 Å². The van der Waals surface area contributed by atoms with E-state index in [0.29, 0.717) is 0 Å². The van der Waals surface area contributed by atoms with Crippen molar-refractivity contribution in [1.29, 1.82) is 0 Å². The van der Waals surface area contributed by atoms with Crippen LogP contribution >= 0.6 is 14.4 Å². The molecule has 41 heavy (non-hydrogen) atoms. The van der Waals surface area contributed by atoms with Gasteiger partial charge in [0.15, 0.2) is 7.14 Å². The normalized spacial score (nSPS) is 12.1. The maximum atomic E-state index is 15.5. The number of hydrogen-bond donors (Lipinski definition) is 0. The molecule has 0 radical (unpaired) electrons. The quantitative estimate of drug-likeness (QED) is 0.199. The molecular weight excluding hydrogens is 540 g/mol. The van der Waals surface area contributed by atoms with Gasteiger partial charge in [-0.1, -0.05) is 115 Å². The van der Waals surface area contributed by atoms with Crippen LogP contribution < -0.4 is 26.5 Å². The highest BCUT2D eigenvalue weighted by molar-refractivity contribution is 7.85. The molecule has 0 amide bonds. The zero-order valence-electron chi connectivity index (χ0n) is 22.2. The van der Waals surface area contributed by atoms with Crippen LogP contribution in [0.4, 0.5) is 0 Å². The van der Waals surface area contributed by atoms with Crippen molar-refractivity contribution in [3.63, 3.8) is 0 Å². The molecule has 0 bridgehead atoms. The van der Waals surface area contributed by atoms with E-state index in [1.165, 1.54) is 0 Å². The van der Waals surface area contributed by atoms with Crippen LogP contribution in [-0.2, 0) is 9.13 Å². The van der Waals surface area contributed by atoms with Gasteiger partial charge in [-0.2, -0.15) is 0 Å². The van der Waals surface area contributed by atoms with E-state index < -0.39 is 14.4 Å². The minimum Gasteiger partial charge on any atom is -0.309 e. The van der Waals surface area contributed by atoms with Gasteiger partial charge >= 0.3 is 0 Å². The predicted molar refractivity (Wildman–Crippen MR) is 174 cm³/mol. The molecule has 0 atom stereocenters. The Hall–Kier alpha value is -4.42. The minimum atomic E-state index is -3.34. The van der Waals surface area contributed by atoms with E-state index in [1.54, 1.807) is 0 Å². The third-order valence-corrected chi connectivity index (χ3v) is 13.8. The third-order valence-electron chi connectivity index (χ3n) is 7.73. The molecule has 0 spiro atoms. The molecule has 198 valence electrons. The average Bonchev–Trinajstić information content (AvgIpc) is 3.40. The molecule has 1 heterocycles. The standard InChI is InChI=1S/C36H27NO2P2/c38-40(28-15-5-1-6-16-28,29-17-7-2-8-18-29)32-25-26-36-34(27-32)33-23-13-14-24-35(33)37(36)41(39,30-19-9-3-10-20-30)31-21-11-4-12-22-31/h1-27H. The zero-order chi connectivity index (χ0) is 27.9. The van der Waals surface area contributed by atoms with Crippen molar-refractivity contribution in [3.05, 3.63) is 164 Å². The molecule has 0 fully saturated rings. The van der Waals surface area contributed by atoms with Crippen molar-refractivity contribution in [2.24, 2.45) is 0 Å². The maximum absolute atomic E-state index is 15.5. The van der Waals surface area contributed by atoms with Gasteiger partial charge in [-0.05, 0) is 48.5 Å². The fraction of sp³-hybridized carbons (Fsp3) is 0. The van der Waals surface area contributed by atoms with Gasteiger partial charge in [0, 0.05) is 37.3 Å². The monoisotopic (exact) mass is 567 g/mol. The van der Waals surface area contributed by atoms with Crippen molar-refractivity contribution in [2.75, 3.05) is 0 Å². The lowest BCUT2D eigenvalue weighted by Gasteiger charge is -2.24. The van der Waals surface area contributed by atoms with Crippen LogP contribution in [0.1, 0.15) is 0 Å². The van der Waals surface area contributed by atoms with Crippen molar-refractivity contribution in [2.45, 2.75) is 0 Å². The first-order chi connectivity index (χ1) is 20.1. The van der Waals surface area contributed by atoms with E-state index in [2.05, 4.69) is 12.1 Å².